The van der Waals surface area contributed by atoms with Crippen LogP contribution in [0.5, 0.6) is 0 Å². The number of alkyl halides is 2. The molecular formula is C9H11F2N3O. The van der Waals surface area contributed by atoms with Crippen LogP contribution < -0.4 is 5.32 Å². The van der Waals surface area contributed by atoms with E-state index in [1.54, 1.807) is 11.6 Å². The third-order valence-corrected chi connectivity index (χ3v) is 2.47. The zero-order valence-corrected chi connectivity index (χ0v) is 8.20. The first-order chi connectivity index (χ1) is 6.98. The van der Waals surface area contributed by atoms with Gasteiger partial charge in [-0.05, 0) is 0 Å². The van der Waals surface area contributed by atoms with Crippen molar-refractivity contribution in [1.82, 2.24) is 14.9 Å². The van der Waals surface area contributed by atoms with Crippen molar-refractivity contribution in [2.75, 3.05) is 0 Å². The van der Waals surface area contributed by atoms with Gasteiger partial charge in [0, 0.05) is 25.9 Å². The largest absolute Gasteiger partial charge is 0.348 e. The molecule has 0 spiro atoms. The molecule has 0 bridgehead atoms. The molecule has 15 heavy (non-hydrogen) atoms. The highest BCUT2D eigenvalue weighted by Gasteiger charge is 2.46. The van der Waals surface area contributed by atoms with Gasteiger partial charge in [0.1, 0.15) is 5.69 Å². The van der Waals surface area contributed by atoms with Crippen LogP contribution in [0.15, 0.2) is 12.5 Å². The van der Waals surface area contributed by atoms with E-state index in [1.807, 2.05) is 0 Å². The molecule has 1 N–H and O–H groups in total. The number of amides is 1. The van der Waals surface area contributed by atoms with Crippen molar-refractivity contribution in [3.05, 3.63) is 18.2 Å². The molecule has 82 valence electrons. The van der Waals surface area contributed by atoms with E-state index in [2.05, 4.69) is 10.3 Å². The second-order valence-corrected chi connectivity index (χ2v) is 3.82. The molecule has 2 rings (SSSR count). The number of aryl methyl sites for hydroxylation is 1. The average molecular weight is 215 g/mol. The van der Waals surface area contributed by atoms with Gasteiger partial charge < -0.3 is 9.88 Å². The SMILES string of the molecule is Cn1cncc1C(=O)NC1CC(F)(F)C1. The average Bonchev–Trinajstić information content (AvgIpc) is 2.47. The molecule has 0 saturated heterocycles. The molecule has 1 fully saturated rings. The number of rotatable bonds is 2. The van der Waals surface area contributed by atoms with Crippen molar-refractivity contribution in [1.29, 1.82) is 0 Å². The lowest BCUT2D eigenvalue weighted by atomic mass is 9.88. The maximum atomic E-state index is 12.5. The van der Waals surface area contributed by atoms with Gasteiger partial charge in [0.15, 0.2) is 0 Å². The predicted octanol–water partition coefficient (Wildman–Crippen LogP) is 0.948. The van der Waals surface area contributed by atoms with Crippen LogP contribution in [0.2, 0.25) is 0 Å². The van der Waals surface area contributed by atoms with Crippen molar-refractivity contribution < 1.29 is 13.6 Å². The molecule has 1 aliphatic rings. The Morgan fingerprint density at radius 3 is 2.80 bits per heavy atom. The van der Waals surface area contributed by atoms with Crippen LogP contribution in [0.25, 0.3) is 0 Å². The first kappa shape index (κ1) is 10.1. The quantitative estimate of drug-likeness (QED) is 0.798. The Morgan fingerprint density at radius 1 is 1.67 bits per heavy atom. The van der Waals surface area contributed by atoms with E-state index in [1.165, 1.54) is 12.5 Å². The summed E-state index contributed by atoms with van der Waals surface area (Å²) in [5, 5.41) is 2.54. The first-order valence-corrected chi connectivity index (χ1v) is 4.63. The highest BCUT2D eigenvalue weighted by molar-refractivity contribution is 5.92. The molecule has 1 saturated carbocycles. The summed E-state index contributed by atoms with van der Waals surface area (Å²) in [6.45, 7) is 0. The summed E-state index contributed by atoms with van der Waals surface area (Å²) in [5.74, 6) is -2.96. The monoisotopic (exact) mass is 215 g/mol. The lowest BCUT2D eigenvalue weighted by Crippen LogP contribution is -2.50. The summed E-state index contributed by atoms with van der Waals surface area (Å²) < 4.78 is 26.5. The zero-order chi connectivity index (χ0) is 11.1. The van der Waals surface area contributed by atoms with Gasteiger partial charge in [-0.25, -0.2) is 13.8 Å². The minimum atomic E-state index is -2.61. The Hall–Kier alpha value is -1.46. The number of hydrogen-bond donors (Lipinski definition) is 1. The number of carbonyl (C=O) groups excluding carboxylic acids is 1. The van der Waals surface area contributed by atoms with Gasteiger partial charge in [-0.15, -0.1) is 0 Å². The second kappa shape index (κ2) is 3.29. The van der Waals surface area contributed by atoms with Crippen LogP contribution >= 0.6 is 0 Å². The van der Waals surface area contributed by atoms with Crippen molar-refractivity contribution in [3.8, 4) is 0 Å². The molecule has 0 atom stereocenters. The summed E-state index contributed by atoms with van der Waals surface area (Å²) >= 11 is 0. The van der Waals surface area contributed by atoms with Crippen molar-refractivity contribution in [2.24, 2.45) is 7.05 Å². The molecule has 1 aromatic heterocycles. The van der Waals surface area contributed by atoms with Crippen molar-refractivity contribution in [2.45, 2.75) is 24.8 Å². The van der Waals surface area contributed by atoms with Crippen LogP contribution in [0, 0.1) is 0 Å². The molecule has 1 aromatic rings. The highest BCUT2D eigenvalue weighted by atomic mass is 19.3. The summed E-state index contributed by atoms with van der Waals surface area (Å²) in [7, 11) is 1.68. The van der Waals surface area contributed by atoms with Crippen LogP contribution in [0.1, 0.15) is 23.3 Å². The van der Waals surface area contributed by atoms with Gasteiger partial charge in [0.2, 0.25) is 0 Å². The Labute approximate surface area is 85.3 Å². The normalized spacial score (nSPS) is 19.7. The molecule has 1 amide bonds. The van der Waals surface area contributed by atoms with Crippen molar-refractivity contribution in [3.63, 3.8) is 0 Å². The second-order valence-electron chi connectivity index (χ2n) is 3.82. The van der Waals surface area contributed by atoms with E-state index in [-0.39, 0.29) is 18.7 Å². The highest BCUT2D eigenvalue weighted by Crippen LogP contribution is 2.37. The molecule has 6 heteroatoms. The molecule has 1 aliphatic carbocycles. The van der Waals surface area contributed by atoms with E-state index in [0.717, 1.165) is 0 Å². The Bertz CT molecular complexity index is 380. The van der Waals surface area contributed by atoms with E-state index < -0.39 is 12.0 Å². The predicted molar refractivity (Wildman–Crippen MR) is 48.6 cm³/mol. The van der Waals surface area contributed by atoms with E-state index in [4.69, 9.17) is 0 Å². The van der Waals surface area contributed by atoms with Crippen LogP contribution in [-0.2, 0) is 7.05 Å². The Morgan fingerprint density at radius 2 is 2.33 bits per heavy atom. The third kappa shape index (κ3) is 1.98. The molecule has 0 unspecified atom stereocenters. The summed E-state index contributed by atoms with van der Waals surface area (Å²) in [6, 6.07) is -0.414. The number of aromatic nitrogens is 2. The minimum absolute atomic E-state index is 0.267. The molecular weight excluding hydrogens is 204 g/mol. The fourth-order valence-electron chi connectivity index (χ4n) is 1.60. The molecule has 1 heterocycles. The standard InChI is InChI=1S/C9H11F2N3O/c1-14-5-12-4-7(14)8(15)13-6-2-9(10,11)3-6/h4-6H,2-3H2,1H3,(H,13,15). The molecule has 4 nitrogen and oxygen atoms in total. The number of halogens is 2. The van der Waals surface area contributed by atoms with Crippen LogP contribution in [0.4, 0.5) is 8.78 Å². The fourth-order valence-corrected chi connectivity index (χ4v) is 1.60. The first-order valence-electron chi connectivity index (χ1n) is 4.63. The Balaban J connectivity index is 1.92. The fraction of sp³-hybridized carbons (Fsp3) is 0.556. The Kier molecular flexibility index (Phi) is 2.21. The van der Waals surface area contributed by atoms with Gasteiger partial charge in [-0.3, -0.25) is 4.79 Å². The van der Waals surface area contributed by atoms with Crippen molar-refractivity contribution >= 4 is 5.91 Å². The lowest BCUT2D eigenvalue weighted by molar-refractivity contribution is -0.0901. The number of hydrogen-bond acceptors (Lipinski definition) is 2. The smallest absolute Gasteiger partial charge is 0.269 e. The van der Waals surface area contributed by atoms with Gasteiger partial charge in [0.05, 0.1) is 12.5 Å². The minimum Gasteiger partial charge on any atom is -0.348 e. The summed E-state index contributed by atoms with van der Waals surface area (Å²) in [5.41, 5.74) is 0.380. The van der Waals surface area contributed by atoms with Crippen LogP contribution in [-0.4, -0.2) is 27.4 Å². The zero-order valence-electron chi connectivity index (χ0n) is 8.20. The van der Waals surface area contributed by atoms with Crippen LogP contribution in [0.3, 0.4) is 0 Å². The number of imidazole rings is 1. The van der Waals surface area contributed by atoms with Gasteiger partial charge in [-0.2, -0.15) is 0 Å². The number of nitrogens with zero attached hydrogens (tertiary/aromatic N) is 2. The molecule has 0 radical (unpaired) electrons. The summed E-state index contributed by atoms with van der Waals surface area (Å²) in [6.07, 6.45) is 2.36. The van der Waals surface area contributed by atoms with Gasteiger partial charge in [0.25, 0.3) is 11.8 Å². The molecule has 0 aliphatic heterocycles. The maximum absolute atomic E-state index is 12.5. The van der Waals surface area contributed by atoms with E-state index in [0.29, 0.717) is 5.69 Å². The lowest BCUT2D eigenvalue weighted by Gasteiger charge is -2.35. The number of nitrogens with one attached hydrogen (secondary N) is 1. The van der Waals surface area contributed by atoms with Gasteiger partial charge in [-0.1, -0.05) is 0 Å². The third-order valence-electron chi connectivity index (χ3n) is 2.47. The summed E-state index contributed by atoms with van der Waals surface area (Å²) in [4.78, 5) is 15.3. The maximum Gasteiger partial charge on any atom is 0.269 e. The molecule has 0 aromatic carbocycles. The van der Waals surface area contributed by atoms with Gasteiger partial charge >= 0.3 is 0 Å². The van der Waals surface area contributed by atoms with E-state index in [9.17, 15) is 13.6 Å². The number of carbonyl (C=O) groups is 1. The van der Waals surface area contributed by atoms with E-state index >= 15 is 0 Å². The topological polar surface area (TPSA) is 46.9 Å².